The molecule has 158 valence electrons. The molecule has 1 heterocycles. The molecule has 4 aromatic carbocycles. The number of benzene rings is 4. The number of para-hydroxylation sites is 1. The van der Waals surface area contributed by atoms with Crippen molar-refractivity contribution in [3.8, 4) is 0 Å². The lowest BCUT2D eigenvalue weighted by molar-refractivity contribution is 0.464. The maximum Gasteiger partial charge on any atom is 0.152 e. The molecule has 5 rings (SSSR count). The van der Waals surface area contributed by atoms with Gasteiger partial charge in [0, 0.05) is 10.8 Å². The Bertz CT molecular complexity index is 1560. The first-order chi connectivity index (χ1) is 15.5. The monoisotopic (exact) mass is 440 g/mol. The molecule has 5 aromatic rings. The minimum Gasteiger partial charge on any atom is -0.744 e. The van der Waals surface area contributed by atoms with E-state index in [1.807, 2.05) is 72.8 Å². The molecular weight excluding hydrogens is 422 g/mol. The van der Waals surface area contributed by atoms with Crippen molar-refractivity contribution in [3.05, 3.63) is 102 Å². The number of nitrogens with zero attached hydrogens (tertiary/aromatic N) is 2. The molecule has 6 nitrogen and oxygen atoms in total. The topological polar surface area (TPSA) is 87.1 Å². The summed E-state index contributed by atoms with van der Waals surface area (Å²) in [5.41, 5.74) is 6.17. The summed E-state index contributed by atoms with van der Waals surface area (Å²) in [6.45, 7) is 0. The number of imidazole rings is 1. The summed E-state index contributed by atoms with van der Waals surface area (Å²) in [6, 6.07) is 27.6. The van der Waals surface area contributed by atoms with Crippen LogP contribution in [0, 0.1) is 0 Å². The first-order valence-electron chi connectivity index (χ1n) is 9.96. The van der Waals surface area contributed by atoms with Gasteiger partial charge in [0.05, 0.1) is 21.6 Å². The van der Waals surface area contributed by atoms with Crippen molar-refractivity contribution in [1.82, 2.24) is 9.66 Å². The standard InChI is InChI=1S/C25H19N3O3S/c29-32(30,31)23-17-22-25(21-14-8-7-13-20(21)23)26-24(16-15-18-9-3-1-4-10-18)28(22)27-19-11-5-2-6-12-19/h1-17,27H,(H,29,30,31)/p-1/b16-15+. The summed E-state index contributed by atoms with van der Waals surface area (Å²) < 4.78 is 37.9. The lowest BCUT2D eigenvalue weighted by atomic mass is 10.1. The Hall–Kier alpha value is -3.94. The molecule has 0 saturated heterocycles. The number of rotatable bonds is 5. The summed E-state index contributed by atoms with van der Waals surface area (Å²) in [6.07, 6.45) is 3.78. The molecule has 0 bridgehead atoms. The summed E-state index contributed by atoms with van der Waals surface area (Å²) in [5, 5.41) is 0.959. The average molecular weight is 441 g/mol. The first kappa shape index (κ1) is 20.0. The Labute approximate surface area is 185 Å². The predicted octanol–water partition coefficient (Wildman–Crippen LogP) is 5.14. The van der Waals surface area contributed by atoms with Crippen LogP contribution < -0.4 is 5.43 Å². The highest BCUT2D eigenvalue weighted by Gasteiger charge is 2.17. The van der Waals surface area contributed by atoms with Crippen molar-refractivity contribution in [2.45, 2.75) is 4.90 Å². The molecule has 0 unspecified atom stereocenters. The van der Waals surface area contributed by atoms with Crippen molar-refractivity contribution < 1.29 is 13.0 Å². The van der Waals surface area contributed by atoms with Gasteiger partial charge in [-0.25, -0.2) is 18.1 Å². The molecule has 0 aliphatic rings. The number of hydrogen-bond acceptors (Lipinski definition) is 5. The zero-order valence-corrected chi connectivity index (χ0v) is 17.7. The third-order valence-corrected chi connectivity index (χ3v) is 6.04. The smallest absolute Gasteiger partial charge is 0.152 e. The van der Waals surface area contributed by atoms with Crippen LogP contribution in [0.1, 0.15) is 11.4 Å². The van der Waals surface area contributed by atoms with Crippen LogP contribution in [0.3, 0.4) is 0 Å². The average Bonchev–Trinajstić information content (AvgIpc) is 3.15. The molecule has 0 amide bonds. The molecular formula is C25H18N3O3S-. The Kier molecular flexibility index (Phi) is 4.97. The van der Waals surface area contributed by atoms with Gasteiger partial charge in [0.1, 0.15) is 10.1 Å². The fourth-order valence-electron chi connectivity index (χ4n) is 3.70. The van der Waals surface area contributed by atoms with Gasteiger partial charge in [0.25, 0.3) is 0 Å². The maximum atomic E-state index is 12.1. The van der Waals surface area contributed by atoms with Crippen molar-refractivity contribution >= 4 is 49.8 Å². The first-order valence-corrected chi connectivity index (χ1v) is 11.4. The van der Waals surface area contributed by atoms with E-state index in [0.29, 0.717) is 27.6 Å². The van der Waals surface area contributed by atoms with Crippen molar-refractivity contribution in [3.63, 3.8) is 0 Å². The largest absolute Gasteiger partial charge is 0.744 e. The highest BCUT2D eigenvalue weighted by atomic mass is 32.2. The highest BCUT2D eigenvalue weighted by Crippen LogP contribution is 2.32. The van der Waals surface area contributed by atoms with E-state index in [-0.39, 0.29) is 4.90 Å². The molecule has 1 N–H and O–H groups in total. The summed E-state index contributed by atoms with van der Waals surface area (Å²) in [5.74, 6) is 0.568. The Balaban J connectivity index is 1.79. The molecule has 0 radical (unpaired) electrons. The van der Waals surface area contributed by atoms with E-state index in [1.165, 1.54) is 6.07 Å². The Morgan fingerprint density at radius 3 is 2.12 bits per heavy atom. The summed E-state index contributed by atoms with van der Waals surface area (Å²) >= 11 is 0. The van der Waals surface area contributed by atoms with Crippen LogP contribution in [0.4, 0.5) is 5.69 Å². The van der Waals surface area contributed by atoms with E-state index >= 15 is 0 Å². The van der Waals surface area contributed by atoms with Crippen molar-refractivity contribution in [2.75, 3.05) is 5.43 Å². The van der Waals surface area contributed by atoms with Gasteiger partial charge in [-0.1, -0.05) is 78.9 Å². The van der Waals surface area contributed by atoms with Gasteiger partial charge < -0.3 is 4.55 Å². The Morgan fingerprint density at radius 2 is 1.44 bits per heavy atom. The second-order valence-corrected chi connectivity index (χ2v) is 8.62. The Morgan fingerprint density at radius 1 is 0.812 bits per heavy atom. The highest BCUT2D eigenvalue weighted by molar-refractivity contribution is 7.86. The van der Waals surface area contributed by atoms with E-state index in [1.54, 1.807) is 28.9 Å². The van der Waals surface area contributed by atoms with E-state index in [2.05, 4.69) is 5.43 Å². The van der Waals surface area contributed by atoms with Gasteiger partial charge >= 0.3 is 0 Å². The van der Waals surface area contributed by atoms with Crippen LogP contribution in [-0.2, 0) is 10.1 Å². The molecule has 0 atom stereocenters. The van der Waals surface area contributed by atoms with E-state index < -0.39 is 10.1 Å². The number of hydrogen-bond donors (Lipinski definition) is 1. The second kappa shape index (κ2) is 7.96. The molecule has 0 saturated carbocycles. The lowest BCUT2D eigenvalue weighted by Gasteiger charge is -2.14. The van der Waals surface area contributed by atoms with E-state index in [9.17, 15) is 13.0 Å². The molecule has 0 fully saturated rings. The van der Waals surface area contributed by atoms with Gasteiger partial charge in [-0.3, -0.25) is 5.43 Å². The minimum atomic E-state index is -4.69. The maximum absolute atomic E-state index is 12.1. The normalized spacial score (nSPS) is 12.0. The molecule has 32 heavy (non-hydrogen) atoms. The molecule has 1 aromatic heterocycles. The fourth-order valence-corrected chi connectivity index (χ4v) is 4.40. The van der Waals surface area contributed by atoms with Crippen LogP contribution in [-0.4, -0.2) is 22.6 Å². The molecule has 7 heteroatoms. The zero-order chi connectivity index (χ0) is 22.1. The number of aromatic nitrogens is 2. The molecule has 0 aliphatic heterocycles. The third-order valence-electron chi connectivity index (χ3n) is 5.16. The van der Waals surface area contributed by atoms with Crippen molar-refractivity contribution in [2.24, 2.45) is 0 Å². The van der Waals surface area contributed by atoms with Crippen LogP contribution in [0.5, 0.6) is 0 Å². The molecule has 0 spiro atoms. The van der Waals surface area contributed by atoms with Gasteiger partial charge in [-0.2, -0.15) is 0 Å². The van der Waals surface area contributed by atoms with Crippen LogP contribution >= 0.6 is 0 Å². The third kappa shape index (κ3) is 3.75. The fraction of sp³-hybridized carbons (Fsp3) is 0. The molecule has 0 aliphatic carbocycles. The SMILES string of the molecule is O=S(=O)([O-])c1cc2c(nc(/C=C/c3ccccc3)n2Nc2ccccc2)c2ccccc12. The quantitative estimate of drug-likeness (QED) is 0.383. The van der Waals surface area contributed by atoms with Crippen LogP contribution in [0.2, 0.25) is 0 Å². The number of nitrogens with one attached hydrogen (secondary N) is 1. The van der Waals surface area contributed by atoms with Gasteiger partial charge in [-0.05, 0) is 29.8 Å². The van der Waals surface area contributed by atoms with Crippen LogP contribution in [0.15, 0.2) is 95.9 Å². The number of anilines is 1. The zero-order valence-electron chi connectivity index (χ0n) is 16.8. The minimum absolute atomic E-state index is 0.268. The summed E-state index contributed by atoms with van der Waals surface area (Å²) in [4.78, 5) is 4.52. The predicted molar refractivity (Wildman–Crippen MR) is 126 cm³/mol. The van der Waals surface area contributed by atoms with E-state index in [4.69, 9.17) is 4.98 Å². The van der Waals surface area contributed by atoms with E-state index in [0.717, 1.165) is 11.3 Å². The van der Waals surface area contributed by atoms with Crippen molar-refractivity contribution in [1.29, 1.82) is 0 Å². The second-order valence-electron chi connectivity index (χ2n) is 7.27. The number of fused-ring (bicyclic) bond motifs is 3. The van der Waals surface area contributed by atoms with Gasteiger partial charge in [-0.15, -0.1) is 0 Å². The van der Waals surface area contributed by atoms with Gasteiger partial charge in [0.15, 0.2) is 5.82 Å². The summed E-state index contributed by atoms with van der Waals surface area (Å²) in [7, 11) is -4.69. The van der Waals surface area contributed by atoms with Gasteiger partial charge in [0.2, 0.25) is 0 Å². The lowest BCUT2D eigenvalue weighted by Crippen LogP contribution is -2.11. The van der Waals surface area contributed by atoms with Crippen LogP contribution in [0.25, 0.3) is 34.0 Å².